The molecule has 0 saturated heterocycles. The van der Waals surface area contributed by atoms with E-state index >= 15 is 0 Å². The van der Waals surface area contributed by atoms with Crippen LogP contribution in [0.25, 0.3) is 11.3 Å². The molecule has 4 rings (SSSR count). The van der Waals surface area contributed by atoms with E-state index in [1.54, 1.807) is 6.07 Å². The number of benzene rings is 1. The number of carbonyl (C=O) groups excluding carboxylic acids is 1. The minimum atomic E-state index is -4.52. The minimum absolute atomic E-state index is 0.0182. The van der Waals surface area contributed by atoms with Crippen LogP contribution in [0.2, 0.25) is 0 Å². The van der Waals surface area contributed by atoms with Gasteiger partial charge < -0.3 is 14.8 Å². The molecule has 10 heteroatoms. The number of hydrogen-bond acceptors (Lipinski definition) is 6. The first-order chi connectivity index (χ1) is 14.7. The number of carbonyl (C=O) groups is 1. The maximum Gasteiger partial charge on any atom is 0.416 e. The highest BCUT2D eigenvalue weighted by molar-refractivity contribution is 7.73. The van der Waals surface area contributed by atoms with Crippen molar-refractivity contribution in [3.63, 3.8) is 0 Å². The van der Waals surface area contributed by atoms with Gasteiger partial charge in [-0.15, -0.1) is 0 Å². The molecule has 0 unspecified atom stereocenters. The molecule has 0 radical (unpaired) electrons. The summed E-state index contributed by atoms with van der Waals surface area (Å²) < 4.78 is 45.7. The zero-order chi connectivity index (χ0) is 22.2. The normalized spacial score (nSPS) is 14.7. The fourth-order valence-corrected chi connectivity index (χ4v) is 4.55. The van der Waals surface area contributed by atoms with Gasteiger partial charge in [0.2, 0.25) is 11.7 Å². The summed E-state index contributed by atoms with van der Waals surface area (Å²) in [5.74, 6) is -0.494. The lowest BCUT2D eigenvalue weighted by atomic mass is 10.0. The molecule has 1 aliphatic carbocycles. The van der Waals surface area contributed by atoms with E-state index in [0.717, 1.165) is 55.3 Å². The lowest BCUT2D eigenvalue weighted by molar-refractivity contribution is -0.137. The molecule has 31 heavy (non-hydrogen) atoms. The molecule has 1 aromatic carbocycles. The third-order valence-corrected chi connectivity index (χ3v) is 6.22. The number of hydrogen-bond donors (Lipinski definition) is 2. The first-order valence-electron chi connectivity index (χ1n) is 9.53. The first-order valence-corrected chi connectivity index (χ1v) is 10.8. The standard InChI is InChI=1S/C21H17F3N2O3S2/c22-21(23,24)13-5-6-25-16(10-13)11-7-12(17(27)18-19(28)26-20(30)31-18)9-15(8-11)29-14-3-1-2-4-14/h5-10,14,28H,1-4H2,(H,26,30). The van der Waals surface area contributed by atoms with Crippen LogP contribution in [0.5, 0.6) is 11.6 Å². The van der Waals surface area contributed by atoms with Crippen LogP contribution in [-0.4, -0.2) is 27.0 Å². The predicted octanol–water partition coefficient (Wildman–Crippen LogP) is 6.14. The Morgan fingerprint density at radius 2 is 1.97 bits per heavy atom. The Hall–Kier alpha value is -2.72. The van der Waals surface area contributed by atoms with Crippen LogP contribution in [-0.2, 0) is 6.18 Å². The smallest absolute Gasteiger partial charge is 0.416 e. The van der Waals surface area contributed by atoms with Crippen LogP contribution in [0.3, 0.4) is 0 Å². The quantitative estimate of drug-likeness (QED) is 0.349. The molecule has 2 aromatic heterocycles. The van der Waals surface area contributed by atoms with Gasteiger partial charge in [0.25, 0.3) is 0 Å². The van der Waals surface area contributed by atoms with Gasteiger partial charge in [-0.3, -0.25) is 9.78 Å². The second-order valence-electron chi connectivity index (χ2n) is 7.22. The molecule has 0 amide bonds. The molecule has 1 fully saturated rings. The largest absolute Gasteiger partial charge is 0.493 e. The van der Waals surface area contributed by atoms with Crippen molar-refractivity contribution in [2.45, 2.75) is 38.0 Å². The second kappa shape index (κ2) is 8.43. The van der Waals surface area contributed by atoms with Crippen LogP contribution in [0.4, 0.5) is 13.2 Å². The van der Waals surface area contributed by atoms with Gasteiger partial charge in [-0.1, -0.05) is 11.3 Å². The van der Waals surface area contributed by atoms with Crippen LogP contribution < -0.4 is 4.74 Å². The highest BCUT2D eigenvalue weighted by atomic mass is 32.1. The van der Waals surface area contributed by atoms with Crippen molar-refractivity contribution in [2.24, 2.45) is 0 Å². The summed E-state index contributed by atoms with van der Waals surface area (Å²) in [6.45, 7) is 0. The van der Waals surface area contributed by atoms with Gasteiger partial charge in [-0.05, 0) is 68.2 Å². The molecule has 0 atom stereocenters. The number of pyridine rings is 1. The van der Waals surface area contributed by atoms with Gasteiger partial charge >= 0.3 is 6.18 Å². The monoisotopic (exact) mass is 466 g/mol. The van der Waals surface area contributed by atoms with Gasteiger partial charge in [0.1, 0.15) is 10.6 Å². The molecule has 5 nitrogen and oxygen atoms in total. The van der Waals surface area contributed by atoms with Crippen LogP contribution in [0, 0.1) is 3.95 Å². The topological polar surface area (TPSA) is 75.2 Å². The van der Waals surface area contributed by atoms with E-state index in [1.165, 1.54) is 12.1 Å². The number of ether oxygens (including phenoxy) is 1. The highest BCUT2D eigenvalue weighted by Gasteiger charge is 2.31. The number of thiazole rings is 1. The van der Waals surface area contributed by atoms with Crippen molar-refractivity contribution >= 4 is 29.3 Å². The molecule has 3 aromatic rings. The number of nitrogens with one attached hydrogen (secondary N) is 1. The summed E-state index contributed by atoms with van der Waals surface area (Å²) in [6.07, 6.45) is 0.346. The lowest BCUT2D eigenvalue weighted by Gasteiger charge is -2.16. The third kappa shape index (κ3) is 4.80. The Kier molecular flexibility index (Phi) is 5.85. The van der Waals surface area contributed by atoms with Gasteiger partial charge in [-0.2, -0.15) is 13.2 Å². The van der Waals surface area contributed by atoms with E-state index in [4.69, 9.17) is 17.0 Å². The first kappa shape index (κ1) is 21.5. The average Bonchev–Trinajstić information content (AvgIpc) is 3.35. The Labute approximate surface area is 184 Å². The van der Waals surface area contributed by atoms with E-state index < -0.39 is 17.5 Å². The second-order valence-corrected chi connectivity index (χ2v) is 8.91. The maximum atomic E-state index is 13.2. The molecule has 0 aliphatic heterocycles. The van der Waals surface area contributed by atoms with E-state index in [0.29, 0.717) is 11.3 Å². The summed E-state index contributed by atoms with van der Waals surface area (Å²) in [5.41, 5.74) is -0.311. The van der Waals surface area contributed by atoms with Gasteiger partial charge in [0, 0.05) is 17.3 Å². The zero-order valence-corrected chi connectivity index (χ0v) is 17.7. The Morgan fingerprint density at radius 3 is 2.61 bits per heavy atom. The number of ketones is 1. The van der Waals surface area contributed by atoms with E-state index in [2.05, 4.69) is 9.97 Å². The van der Waals surface area contributed by atoms with Crippen molar-refractivity contribution < 1.29 is 27.8 Å². The summed E-state index contributed by atoms with van der Waals surface area (Å²) >= 11 is 5.89. The fraction of sp³-hybridized carbons (Fsp3) is 0.286. The molecule has 1 saturated carbocycles. The van der Waals surface area contributed by atoms with Crippen molar-refractivity contribution in [1.29, 1.82) is 0 Å². The molecule has 2 N–H and O–H groups in total. The van der Waals surface area contributed by atoms with Crippen molar-refractivity contribution in [3.8, 4) is 22.9 Å². The number of aromatic amines is 1. The number of H-pyrrole nitrogens is 1. The van der Waals surface area contributed by atoms with Crippen molar-refractivity contribution in [2.75, 3.05) is 0 Å². The zero-order valence-electron chi connectivity index (χ0n) is 16.0. The number of aromatic hydroxyl groups is 1. The molecule has 2 heterocycles. The minimum Gasteiger partial charge on any atom is -0.493 e. The van der Waals surface area contributed by atoms with Crippen molar-refractivity contribution in [1.82, 2.24) is 9.97 Å². The Morgan fingerprint density at radius 1 is 1.23 bits per heavy atom. The van der Waals surface area contributed by atoms with Crippen LogP contribution >= 0.6 is 23.6 Å². The molecule has 0 spiro atoms. The van der Waals surface area contributed by atoms with E-state index in [9.17, 15) is 23.1 Å². The number of aromatic nitrogens is 2. The Balaban J connectivity index is 1.79. The van der Waals surface area contributed by atoms with Crippen molar-refractivity contribution in [3.05, 3.63) is 56.5 Å². The summed E-state index contributed by atoms with van der Waals surface area (Å²) in [4.78, 5) is 19.6. The molecular weight excluding hydrogens is 449 g/mol. The van der Waals surface area contributed by atoms with Gasteiger partial charge in [-0.25, -0.2) is 0 Å². The number of nitrogens with zero attached hydrogens (tertiary/aromatic N) is 1. The summed E-state index contributed by atoms with van der Waals surface area (Å²) in [7, 11) is 0. The van der Waals surface area contributed by atoms with Crippen LogP contribution in [0.15, 0.2) is 36.5 Å². The molecule has 162 valence electrons. The molecule has 0 bridgehead atoms. The number of alkyl halides is 3. The lowest BCUT2D eigenvalue weighted by Crippen LogP contribution is -2.12. The highest BCUT2D eigenvalue weighted by Crippen LogP contribution is 2.34. The van der Waals surface area contributed by atoms with Gasteiger partial charge in [0.05, 0.1) is 17.4 Å². The molecular formula is C21H17F3N2O3S2. The SMILES string of the molecule is O=C(c1cc(OC2CCCC2)cc(-c2cc(C(F)(F)F)ccn2)c1)c1sc(=S)[nH]c1O. The Bertz CT molecular complexity index is 1180. The van der Waals surface area contributed by atoms with E-state index in [-0.39, 0.29) is 32.1 Å². The average molecular weight is 467 g/mol. The fourth-order valence-electron chi connectivity index (χ4n) is 3.51. The van der Waals surface area contributed by atoms with Crippen LogP contribution in [0.1, 0.15) is 46.5 Å². The summed E-state index contributed by atoms with van der Waals surface area (Å²) in [6, 6.07) is 6.37. The van der Waals surface area contributed by atoms with Gasteiger partial charge in [0.15, 0.2) is 3.95 Å². The number of rotatable bonds is 5. The predicted molar refractivity (Wildman–Crippen MR) is 112 cm³/mol. The maximum absolute atomic E-state index is 13.2. The molecule has 1 aliphatic rings. The summed E-state index contributed by atoms with van der Waals surface area (Å²) in [5, 5.41) is 9.97. The number of halogens is 3. The van der Waals surface area contributed by atoms with E-state index in [1.807, 2.05) is 0 Å². The third-order valence-electron chi connectivity index (χ3n) is 4.99.